The van der Waals surface area contributed by atoms with Crippen molar-refractivity contribution in [1.82, 2.24) is 9.80 Å². The molecular formula is C24H25FN2O4. The van der Waals surface area contributed by atoms with E-state index in [1.54, 1.807) is 4.90 Å². The van der Waals surface area contributed by atoms with Crippen molar-refractivity contribution < 1.29 is 23.5 Å². The number of hydrogen-bond donors (Lipinski definition) is 0. The highest BCUT2D eigenvalue weighted by atomic mass is 19.1. The summed E-state index contributed by atoms with van der Waals surface area (Å²) in [6, 6.07) is 14.2. The fourth-order valence-corrected chi connectivity index (χ4v) is 5.09. The van der Waals surface area contributed by atoms with Gasteiger partial charge in [-0.25, -0.2) is 4.39 Å². The summed E-state index contributed by atoms with van der Waals surface area (Å²) in [5.74, 6) is -0.614. The Morgan fingerprint density at radius 3 is 2.58 bits per heavy atom. The van der Waals surface area contributed by atoms with E-state index in [2.05, 4.69) is 12.1 Å². The maximum atomic E-state index is 13.7. The van der Waals surface area contributed by atoms with Crippen molar-refractivity contribution in [2.75, 3.05) is 20.2 Å². The third-order valence-electron chi connectivity index (χ3n) is 6.76. The van der Waals surface area contributed by atoms with Gasteiger partial charge in [-0.3, -0.25) is 9.59 Å². The minimum absolute atomic E-state index is 0.0411. The number of fused-ring (bicyclic) bond motifs is 1. The van der Waals surface area contributed by atoms with Gasteiger partial charge >= 0.3 is 0 Å². The molecule has 1 spiro atoms. The number of amides is 2. The van der Waals surface area contributed by atoms with Crippen LogP contribution in [0, 0.1) is 5.82 Å². The van der Waals surface area contributed by atoms with E-state index < -0.39 is 11.4 Å². The number of carbonyl (C=O) groups is 2. The summed E-state index contributed by atoms with van der Waals surface area (Å²) >= 11 is 0. The second-order valence-electron chi connectivity index (χ2n) is 8.42. The molecule has 3 fully saturated rings. The van der Waals surface area contributed by atoms with Crippen molar-refractivity contribution in [1.29, 1.82) is 0 Å². The molecule has 5 rings (SSSR count). The van der Waals surface area contributed by atoms with Crippen LogP contribution in [0.5, 0.6) is 5.75 Å². The van der Waals surface area contributed by atoms with Crippen LogP contribution >= 0.6 is 0 Å². The molecule has 3 saturated heterocycles. The second kappa shape index (κ2) is 7.64. The molecule has 31 heavy (non-hydrogen) atoms. The van der Waals surface area contributed by atoms with Crippen LogP contribution in [-0.2, 0) is 9.53 Å². The Morgan fingerprint density at radius 1 is 1.13 bits per heavy atom. The molecule has 2 aromatic rings. The molecule has 3 heterocycles. The monoisotopic (exact) mass is 424 g/mol. The van der Waals surface area contributed by atoms with Gasteiger partial charge in [0.2, 0.25) is 0 Å². The Kier molecular flexibility index (Phi) is 4.93. The lowest BCUT2D eigenvalue weighted by Crippen LogP contribution is -2.51. The van der Waals surface area contributed by atoms with Gasteiger partial charge in [-0.1, -0.05) is 30.3 Å². The summed E-state index contributed by atoms with van der Waals surface area (Å²) in [5.41, 5.74) is 0.657. The highest BCUT2D eigenvalue weighted by Gasteiger charge is 2.58. The number of piperidine rings is 1. The van der Waals surface area contributed by atoms with E-state index in [-0.39, 0.29) is 29.8 Å². The van der Waals surface area contributed by atoms with E-state index in [0.717, 1.165) is 18.4 Å². The molecule has 0 radical (unpaired) electrons. The maximum absolute atomic E-state index is 13.7. The van der Waals surface area contributed by atoms with E-state index in [4.69, 9.17) is 9.47 Å². The first-order chi connectivity index (χ1) is 15.0. The third-order valence-corrected chi connectivity index (χ3v) is 6.76. The quantitative estimate of drug-likeness (QED) is 0.757. The molecule has 0 unspecified atom stereocenters. The number of carbonyl (C=O) groups excluding carboxylic acids is 2. The first kappa shape index (κ1) is 20.0. The largest absolute Gasteiger partial charge is 0.494 e. The summed E-state index contributed by atoms with van der Waals surface area (Å²) in [6.45, 7) is 0.835. The van der Waals surface area contributed by atoms with Crippen LogP contribution in [-0.4, -0.2) is 53.6 Å². The van der Waals surface area contributed by atoms with Crippen LogP contribution in [0.15, 0.2) is 48.5 Å². The van der Waals surface area contributed by atoms with Crippen LogP contribution in [0.3, 0.4) is 0 Å². The summed E-state index contributed by atoms with van der Waals surface area (Å²) in [6.07, 6.45) is 2.45. The van der Waals surface area contributed by atoms with Gasteiger partial charge in [0.05, 0.1) is 13.2 Å². The first-order valence-electron chi connectivity index (χ1n) is 10.7. The standard InChI is InChI=1S/C24H25FN2O4/c1-30-20-15-17(7-8-18(20)25)22(28)26-13-11-24(12-14-26)23(29)27-19(9-10-21(27)31-24)16-5-3-2-4-6-16/h2-8,15,19,21H,9-14H2,1H3/t19-,21+/m0/s1. The van der Waals surface area contributed by atoms with Crippen molar-refractivity contribution in [3.63, 3.8) is 0 Å². The van der Waals surface area contributed by atoms with E-state index in [9.17, 15) is 14.0 Å². The smallest absolute Gasteiger partial charge is 0.257 e. The average Bonchev–Trinajstić information content (AvgIpc) is 3.33. The second-order valence-corrected chi connectivity index (χ2v) is 8.42. The van der Waals surface area contributed by atoms with Gasteiger partial charge in [-0.05, 0) is 36.6 Å². The number of benzene rings is 2. The topological polar surface area (TPSA) is 59.1 Å². The third kappa shape index (κ3) is 3.28. The number of hydrogen-bond acceptors (Lipinski definition) is 4. The van der Waals surface area contributed by atoms with Crippen molar-refractivity contribution in [3.05, 3.63) is 65.5 Å². The highest BCUT2D eigenvalue weighted by molar-refractivity contribution is 5.95. The van der Waals surface area contributed by atoms with Crippen molar-refractivity contribution >= 4 is 11.8 Å². The van der Waals surface area contributed by atoms with Gasteiger partial charge in [0.1, 0.15) is 6.23 Å². The van der Waals surface area contributed by atoms with Gasteiger partial charge < -0.3 is 19.3 Å². The lowest BCUT2D eigenvalue weighted by Gasteiger charge is -2.37. The molecule has 2 atom stereocenters. The average molecular weight is 424 g/mol. The molecule has 0 saturated carbocycles. The van der Waals surface area contributed by atoms with Crippen LogP contribution < -0.4 is 4.74 Å². The molecule has 2 aromatic carbocycles. The van der Waals surface area contributed by atoms with Gasteiger partial charge in [0.25, 0.3) is 11.8 Å². The normalized spacial score (nSPS) is 24.5. The molecule has 7 heteroatoms. The summed E-state index contributed by atoms with van der Waals surface area (Å²) in [4.78, 5) is 30.0. The van der Waals surface area contributed by atoms with Crippen LogP contribution in [0.1, 0.15) is 47.6 Å². The molecule has 6 nitrogen and oxygen atoms in total. The SMILES string of the molecule is COc1cc(C(=O)N2CCC3(CC2)O[C@@H]2CC[C@@H](c4ccccc4)N2C3=O)ccc1F. The molecular weight excluding hydrogens is 399 g/mol. The highest BCUT2D eigenvalue weighted by Crippen LogP contribution is 2.47. The zero-order valence-electron chi connectivity index (χ0n) is 17.4. The number of methoxy groups -OCH3 is 1. The van der Waals surface area contributed by atoms with Gasteiger partial charge in [-0.2, -0.15) is 0 Å². The van der Waals surface area contributed by atoms with Crippen LogP contribution in [0.2, 0.25) is 0 Å². The lowest BCUT2D eigenvalue weighted by atomic mass is 9.89. The lowest BCUT2D eigenvalue weighted by molar-refractivity contribution is -0.142. The van der Waals surface area contributed by atoms with Crippen LogP contribution in [0.4, 0.5) is 4.39 Å². The number of ether oxygens (including phenoxy) is 2. The molecule has 0 N–H and O–H groups in total. The number of likely N-dealkylation sites (tertiary alicyclic amines) is 1. The molecule has 3 aliphatic rings. The zero-order valence-corrected chi connectivity index (χ0v) is 17.4. The molecule has 0 bridgehead atoms. The predicted molar refractivity (Wildman–Crippen MR) is 111 cm³/mol. The van der Waals surface area contributed by atoms with Crippen molar-refractivity contribution in [3.8, 4) is 5.75 Å². The Hall–Kier alpha value is -2.93. The molecule has 162 valence electrons. The van der Waals surface area contributed by atoms with E-state index in [0.29, 0.717) is 31.5 Å². The molecule has 2 amide bonds. The molecule has 3 aliphatic heterocycles. The van der Waals surface area contributed by atoms with E-state index >= 15 is 0 Å². The van der Waals surface area contributed by atoms with E-state index in [1.807, 2.05) is 23.1 Å². The fourth-order valence-electron chi connectivity index (χ4n) is 5.09. The van der Waals surface area contributed by atoms with Gasteiger partial charge in [0.15, 0.2) is 17.2 Å². The zero-order chi connectivity index (χ0) is 21.6. The summed E-state index contributed by atoms with van der Waals surface area (Å²) in [5, 5.41) is 0. The summed E-state index contributed by atoms with van der Waals surface area (Å²) < 4.78 is 25.0. The van der Waals surface area contributed by atoms with Crippen molar-refractivity contribution in [2.45, 2.75) is 43.6 Å². The Morgan fingerprint density at radius 2 is 1.87 bits per heavy atom. The summed E-state index contributed by atoms with van der Waals surface area (Å²) in [7, 11) is 1.37. The van der Waals surface area contributed by atoms with Crippen LogP contribution in [0.25, 0.3) is 0 Å². The number of halogens is 1. The number of rotatable bonds is 3. The molecule has 0 aromatic heterocycles. The number of nitrogens with zero attached hydrogens (tertiary/aromatic N) is 2. The Labute approximate surface area is 180 Å². The van der Waals surface area contributed by atoms with Gasteiger partial charge in [-0.15, -0.1) is 0 Å². The molecule has 0 aliphatic carbocycles. The Bertz CT molecular complexity index is 1000. The maximum Gasteiger partial charge on any atom is 0.257 e. The van der Waals surface area contributed by atoms with E-state index in [1.165, 1.54) is 25.3 Å². The fraction of sp³-hybridized carbons (Fsp3) is 0.417. The van der Waals surface area contributed by atoms with Gasteiger partial charge in [0, 0.05) is 31.5 Å². The predicted octanol–water partition coefficient (Wildman–Crippen LogP) is 3.53. The van der Waals surface area contributed by atoms with Crippen molar-refractivity contribution in [2.24, 2.45) is 0 Å². The minimum Gasteiger partial charge on any atom is -0.494 e. The first-order valence-corrected chi connectivity index (χ1v) is 10.7. The Balaban J connectivity index is 1.29. The minimum atomic E-state index is -0.852.